The average molecular weight is 490 g/mol. The quantitative estimate of drug-likeness (QED) is 0.356. The summed E-state index contributed by atoms with van der Waals surface area (Å²) in [6, 6.07) is 19.8. The molecule has 9 heteroatoms. The molecule has 0 amide bonds. The standard InChI is InChI=1S/C25H20ClN5O2S/c1-34(32,33)31-22-12-17(14-29-24(22)26)16-7-8-21-20(11-16)23(18(13-27)15-28-21)30-25(9-10-25)19-5-3-2-4-6-19/h2-8,11-12,14-15,31H,9-10H2,1H3,(H,28,30). The first-order valence-corrected chi connectivity index (χ1v) is 12.9. The number of rotatable bonds is 6. The van der Waals surface area contributed by atoms with Gasteiger partial charge in [-0.3, -0.25) is 9.71 Å². The maximum absolute atomic E-state index is 11.7. The zero-order chi connectivity index (χ0) is 23.9. The van der Waals surface area contributed by atoms with Crippen molar-refractivity contribution in [3.05, 3.63) is 83.3 Å². The highest BCUT2D eigenvalue weighted by Gasteiger charge is 2.44. The molecule has 34 heavy (non-hydrogen) atoms. The molecule has 0 atom stereocenters. The Hall–Kier alpha value is -3.67. The van der Waals surface area contributed by atoms with Gasteiger partial charge in [0, 0.05) is 23.3 Å². The molecular formula is C25H20ClN5O2S. The summed E-state index contributed by atoms with van der Waals surface area (Å²) in [5.74, 6) is 0. The Kier molecular flexibility index (Phi) is 5.39. The lowest BCUT2D eigenvalue weighted by Crippen LogP contribution is -2.19. The molecule has 5 rings (SSSR count). The van der Waals surface area contributed by atoms with Crippen molar-refractivity contribution in [2.75, 3.05) is 16.3 Å². The number of nitrogens with one attached hydrogen (secondary N) is 2. The van der Waals surface area contributed by atoms with Gasteiger partial charge in [0.25, 0.3) is 0 Å². The molecule has 1 aliphatic rings. The number of nitrogens with zero attached hydrogens (tertiary/aromatic N) is 3. The van der Waals surface area contributed by atoms with E-state index in [-0.39, 0.29) is 16.4 Å². The normalized spacial score (nSPS) is 14.4. The summed E-state index contributed by atoms with van der Waals surface area (Å²) in [5, 5.41) is 14.3. The number of hydrogen-bond acceptors (Lipinski definition) is 6. The molecule has 2 aromatic carbocycles. The highest BCUT2D eigenvalue weighted by Crippen LogP contribution is 2.49. The topological polar surface area (TPSA) is 108 Å². The van der Waals surface area contributed by atoms with Crippen molar-refractivity contribution in [1.82, 2.24) is 9.97 Å². The van der Waals surface area contributed by atoms with Crippen LogP contribution in [0.5, 0.6) is 0 Å². The molecular weight excluding hydrogens is 470 g/mol. The van der Waals surface area contributed by atoms with E-state index in [0.29, 0.717) is 11.1 Å². The van der Waals surface area contributed by atoms with Gasteiger partial charge in [0.15, 0.2) is 5.15 Å². The first-order chi connectivity index (χ1) is 16.3. The zero-order valence-corrected chi connectivity index (χ0v) is 19.8. The summed E-state index contributed by atoms with van der Waals surface area (Å²) < 4.78 is 25.8. The van der Waals surface area contributed by atoms with Gasteiger partial charge in [-0.2, -0.15) is 5.26 Å². The first kappa shape index (κ1) is 22.1. The molecule has 0 spiro atoms. The lowest BCUT2D eigenvalue weighted by atomic mass is 10.00. The number of nitriles is 1. The molecule has 170 valence electrons. The molecule has 0 unspecified atom stereocenters. The number of anilines is 2. The minimum atomic E-state index is -3.52. The number of aromatic nitrogens is 2. The van der Waals surface area contributed by atoms with Gasteiger partial charge in [0.05, 0.1) is 34.2 Å². The Bertz CT molecular complexity index is 1560. The third-order valence-corrected chi connectivity index (χ3v) is 6.79. The van der Waals surface area contributed by atoms with Crippen LogP contribution in [0.1, 0.15) is 24.0 Å². The largest absolute Gasteiger partial charge is 0.374 e. The van der Waals surface area contributed by atoms with Gasteiger partial charge >= 0.3 is 0 Å². The van der Waals surface area contributed by atoms with Crippen LogP contribution in [-0.4, -0.2) is 24.6 Å². The van der Waals surface area contributed by atoms with Crippen molar-refractivity contribution < 1.29 is 8.42 Å². The van der Waals surface area contributed by atoms with E-state index in [1.54, 1.807) is 18.5 Å². The van der Waals surface area contributed by atoms with Gasteiger partial charge in [0.1, 0.15) is 6.07 Å². The van der Waals surface area contributed by atoms with E-state index in [2.05, 4.69) is 38.2 Å². The maximum Gasteiger partial charge on any atom is 0.229 e. The minimum absolute atomic E-state index is 0.0595. The van der Waals surface area contributed by atoms with Crippen LogP contribution >= 0.6 is 11.6 Å². The van der Waals surface area contributed by atoms with Gasteiger partial charge in [-0.1, -0.05) is 48.0 Å². The number of fused-ring (bicyclic) bond motifs is 1. The van der Waals surface area contributed by atoms with Crippen LogP contribution in [0.3, 0.4) is 0 Å². The monoisotopic (exact) mass is 489 g/mol. The Morgan fingerprint density at radius 2 is 1.79 bits per heavy atom. The molecule has 4 aromatic rings. The second-order valence-electron chi connectivity index (χ2n) is 8.40. The van der Waals surface area contributed by atoms with E-state index in [0.717, 1.165) is 41.3 Å². The molecule has 1 fully saturated rings. The van der Waals surface area contributed by atoms with Crippen molar-refractivity contribution in [3.63, 3.8) is 0 Å². The van der Waals surface area contributed by atoms with Crippen LogP contribution < -0.4 is 10.0 Å². The second-order valence-corrected chi connectivity index (χ2v) is 10.5. The lowest BCUT2D eigenvalue weighted by molar-refractivity contribution is 0.607. The van der Waals surface area contributed by atoms with E-state index in [1.165, 1.54) is 5.56 Å². The summed E-state index contributed by atoms with van der Waals surface area (Å²) in [6.07, 6.45) is 6.15. The molecule has 0 saturated heterocycles. The molecule has 1 saturated carbocycles. The van der Waals surface area contributed by atoms with Crippen LogP contribution in [0.25, 0.3) is 22.0 Å². The number of pyridine rings is 2. The fourth-order valence-corrected chi connectivity index (χ4v) is 4.84. The first-order valence-electron chi connectivity index (χ1n) is 10.6. The summed E-state index contributed by atoms with van der Waals surface area (Å²) in [5.41, 5.74) is 4.56. The van der Waals surface area contributed by atoms with Crippen LogP contribution in [0.4, 0.5) is 11.4 Å². The van der Waals surface area contributed by atoms with E-state index in [1.807, 2.05) is 36.4 Å². The van der Waals surface area contributed by atoms with Crippen LogP contribution in [0.15, 0.2) is 67.0 Å². The maximum atomic E-state index is 11.7. The smallest absolute Gasteiger partial charge is 0.229 e. The Morgan fingerprint density at radius 3 is 2.47 bits per heavy atom. The molecule has 7 nitrogen and oxygen atoms in total. The number of halogens is 1. The SMILES string of the molecule is CS(=O)(=O)Nc1cc(-c2ccc3ncc(C#N)c(NC4(c5ccccc5)CC4)c3c2)cnc1Cl. The van der Waals surface area contributed by atoms with Crippen molar-refractivity contribution in [3.8, 4) is 17.2 Å². The summed E-state index contributed by atoms with van der Waals surface area (Å²) in [6.45, 7) is 0. The summed E-state index contributed by atoms with van der Waals surface area (Å²) in [4.78, 5) is 8.60. The number of hydrogen-bond donors (Lipinski definition) is 2. The van der Waals surface area contributed by atoms with E-state index in [4.69, 9.17) is 11.6 Å². The van der Waals surface area contributed by atoms with E-state index >= 15 is 0 Å². The van der Waals surface area contributed by atoms with Gasteiger partial charge in [-0.05, 0) is 42.2 Å². The molecule has 0 aliphatic heterocycles. The van der Waals surface area contributed by atoms with Crippen LogP contribution in [0, 0.1) is 11.3 Å². The van der Waals surface area contributed by atoms with Crippen molar-refractivity contribution in [1.29, 1.82) is 5.26 Å². The van der Waals surface area contributed by atoms with E-state index < -0.39 is 10.0 Å². The summed E-state index contributed by atoms with van der Waals surface area (Å²) >= 11 is 6.09. The second kappa shape index (κ2) is 8.28. The third kappa shape index (κ3) is 4.28. The predicted octanol–water partition coefficient (Wildman–Crippen LogP) is 5.29. The number of benzene rings is 2. The van der Waals surface area contributed by atoms with E-state index in [9.17, 15) is 13.7 Å². The molecule has 0 radical (unpaired) electrons. The Balaban J connectivity index is 1.61. The van der Waals surface area contributed by atoms with Gasteiger partial charge in [-0.15, -0.1) is 0 Å². The number of sulfonamides is 1. The van der Waals surface area contributed by atoms with Gasteiger partial charge in [-0.25, -0.2) is 13.4 Å². The van der Waals surface area contributed by atoms with Crippen LogP contribution in [-0.2, 0) is 15.6 Å². The zero-order valence-electron chi connectivity index (χ0n) is 18.2. The molecule has 2 N–H and O–H groups in total. The minimum Gasteiger partial charge on any atom is -0.374 e. The fourth-order valence-electron chi connectivity index (χ4n) is 4.08. The predicted molar refractivity (Wildman–Crippen MR) is 134 cm³/mol. The molecule has 0 bridgehead atoms. The molecule has 1 aliphatic carbocycles. The third-order valence-electron chi connectivity index (χ3n) is 5.90. The molecule has 2 heterocycles. The Morgan fingerprint density at radius 1 is 1.03 bits per heavy atom. The van der Waals surface area contributed by atoms with Crippen molar-refractivity contribution >= 4 is 43.9 Å². The highest BCUT2D eigenvalue weighted by molar-refractivity contribution is 7.92. The molecule has 2 aromatic heterocycles. The van der Waals surface area contributed by atoms with Gasteiger partial charge in [0.2, 0.25) is 10.0 Å². The van der Waals surface area contributed by atoms with Crippen molar-refractivity contribution in [2.45, 2.75) is 18.4 Å². The highest BCUT2D eigenvalue weighted by atomic mass is 35.5. The Labute approximate surface area is 202 Å². The van der Waals surface area contributed by atoms with Crippen LogP contribution in [0.2, 0.25) is 5.15 Å². The van der Waals surface area contributed by atoms with Crippen molar-refractivity contribution in [2.24, 2.45) is 0 Å². The fraction of sp³-hybridized carbons (Fsp3) is 0.160. The lowest BCUT2D eigenvalue weighted by Gasteiger charge is -2.22. The van der Waals surface area contributed by atoms with Gasteiger partial charge < -0.3 is 5.32 Å². The average Bonchev–Trinajstić information content (AvgIpc) is 3.61. The summed E-state index contributed by atoms with van der Waals surface area (Å²) in [7, 11) is -3.52.